The number of amides is 1. The Labute approximate surface area is 151 Å². The highest BCUT2D eigenvalue weighted by atomic mass is 31.2. The van der Waals surface area contributed by atoms with Gasteiger partial charge in [-0.2, -0.15) is 0 Å². The quantitative estimate of drug-likeness (QED) is 0.278. The Kier molecular flexibility index (Phi) is 11.4. The largest absolute Gasteiger partial charge is 0.756 e. The Hall–Kier alpha value is -0.760. The molecule has 2 N–H and O–H groups in total. The molecule has 0 saturated carbocycles. The van der Waals surface area contributed by atoms with Gasteiger partial charge >= 0.3 is 0 Å². The Balaban J connectivity index is 4.66. The average Bonchev–Trinajstić information content (AvgIpc) is 2.49. The van der Waals surface area contributed by atoms with Crippen molar-refractivity contribution in [3.63, 3.8) is 0 Å². The average molecular weight is 380 g/mol. The fourth-order valence-electron chi connectivity index (χ4n) is 1.71. The molecule has 0 aromatic carbocycles. The van der Waals surface area contributed by atoms with E-state index in [0.29, 0.717) is 11.0 Å². The third kappa shape index (κ3) is 13.1. The number of likely N-dealkylation sites (N-methyl/N-ethyl adjacent to an activating group) is 1. The summed E-state index contributed by atoms with van der Waals surface area (Å²) in [6.07, 6.45) is 4.18. The van der Waals surface area contributed by atoms with Crippen molar-refractivity contribution in [2.24, 2.45) is 0 Å². The van der Waals surface area contributed by atoms with Crippen molar-refractivity contribution < 1.29 is 32.9 Å². The molecule has 9 heteroatoms. The molecule has 8 nitrogen and oxygen atoms in total. The Morgan fingerprint density at radius 3 is 2.48 bits per heavy atom. The Morgan fingerprint density at radius 2 is 1.96 bits per heavy atom. The summed E-state index contributed by atoms with van der Waals surface area (Å²) in [6.45, 7) is 3.76. The second-order valence-corrected chi connectivity index (χ2v) is 8.24. The molecule has 148 valence electrons. The van der Waals surface area contributed by atoms with Gasteiger partial charge < -0.3 is 28.8 Å². The predicted octanol–water partition coefficient (Wildman–Crippen LogP) is 0.806. The van der Waals surface area contributed by atoms with Crippen LogP contribution in [0.4, 0.5) is 0 Å². The molecule has 0 aromatic rings. The summed E-state index contributed by atoms with van der Waals surface area (Å²) in [5.41, 5.74) is 0. The molecule has 0 radical (unpaired) electrons. The standard InChI is InChI=1S/C16H33N2O6P/c1-6-8-9-10-15(19)14(17-16(20)7-2)13-24-25(21,22)23-12-11-18(3,4)5/h9-10,14-15,19H,6-8,11-13H2,1-5H3,(H-,17,20,21,22)/b10-9+. The topological polar surface area (TPSA) is 108 Å². The van der Waals surface area contributed by atoms with E-state index < -0.39 is 26.6 Å². The summed E-state index contributed by atoms with van der Waals surface area (Å²) in [7, 11) is 1.23. The molecule has 0 fully saturated rings. The molecule has 0 bridgehead atoms. The molecule has 0 spiro atoms. The molecular formula is C16H33N2O6P. The van der Waals surface area contributed by atoms with Gasteiger partial charge in [-0.3, -0.25) is 9.36 Å². The van der Waals surface area contributed by atoms with Gasteiger partial charge in [-0.15, -0.1) is 0 Å². The smallest absolute Gasteiger partial charge is 0.268 e. The van der Waals surface area contributed by atoms with Crippen molar-refractivity contribution in [1.29, 1.82) is 0 Å². The van der Waals surface area contributed by atoms with E-state index in [-0.39, 0.29) is 18.9 Å². The zero-order valence-electron chi connectivity index (χ0n) is 15.9. The van der Waals surface area contributed by atoms with E-state index in [1.165, 1.54) is 6.08 Å². The van der Waals surface area contributed by atoms with E-state index in [4.69, 9.17) is 9.05 Å². The summed E-state index contributed by atoms with van der Waals surface area (Å²) in [4.78, 5) is 23.4. The maximum atomic E-state index is 11.8. The zero-order chi connectivity index (χ0) is 19.5. The van der Waals surface area contributed by atoms with Crippen molar-refractivity contribution >= 4 is 13.7 Å². The summed E-state index contributed by atoms with van der Waals surface area (Å²) >= 11 is 0. The van der Waals surface area contributed by atoms with Crippen LogP contribution in [0.2, 0.25) is 0 Å². The number of hydrogen-bond donors (Lipinski definition) is 2. The molecule has 0 rings (SSSR count). The summed E-state index contributed by atoms with van der Waals surface area (Å²) < 4.78 is 22.0. The molecule has 25 heavy (non-hydrogen) atoms. The lowest BCUT2D eigenvalue weighted by molar-refractivity contribution is -0.870. The number of carbonyl (C=O) groups is 1. The normalized spacial score (nSPS) is 17.2. The number of nitrogens with one attached hydrogen (secondary N) is 1. The molecule has 0 heterocycles. The van der Waals surface area contributed by atoms with Crippen LogP contribution in [-0.2, 0) is 18.4 Å². The number of phosphoric ester groups is 1. The number of aliphatic hydroxyl groups excluding tert-OH is 1. The molecule has 3 atom stereocenters. The number of hydrogen-bond acceptors (Lipinski definition) is 6. The molecule has 0 saturated heterocycles. The highest BCUT2D eigenvalue weighted by Crippen LogP contribution is 2.38. The maximum Gasteiger partial charge on any atom is 0.268 e. The first kappa shape index (κ1) is 24.2. The van der Waals surface area contributed by atoms with Crippen LogP contribution in [0.15, 0.2) is 12.2 Å². The Morgan fingerprint density at radius 1 is 1.32 bits per heavy atom. The minimum Gasteiger partial charge on any atom is -0.756 e. The lowest BCUT2D eigenvalue weighted by Gasteiger charge is -2.29. The van der Waals surface area contributed by atoms with Crippen LogP contribution in [0, 0.1) is 0 Å². The molecule has 3 unspecified atom stereocenters. The molecule has 1 amide bonds. The number of nitrogens with zero attached hydrogens (tertiary/aromatic N) is 1. The van der Waals surface area contributed by atoms with Gasteiger partial charge in [0.05, 0.1) is 39.9 Å². The van der Waals surface area contributed by atoms with Crippen LogP contribution < -0.4 is 10.2 Å². The van der Waals surface area contributed by atoms with Crippen molar-refractivity contribution in [3.05, 3.63) is 12.2 Å². The van der Waals surface area contributed by atoms with E-state index in [1.807, 2.05) is 28.1 Å². The monoisotopic (exact) mass is 380 g/mol. The van der Waals surface area contributed by atoms with Gasteiger partial charge in [0.1, 0.15) is 13.2 Å². The predicted molar refractivity (Wildman–Crippen MR) is 94.7 cm³/mol. The van der Waals surface area contributed by atoms with E-state index in [2.05, 4.69) is 5.32 Å². The fourth-order valence-corrected chi connectivity index (χ4v) is 2.43. The fraction of sp³-hybridized carbons (Fsp3) is 0.812. The molecule has 0 aliphatic heterocycles. The summed E-state index contributed by atoms with van der Waals surface area (Å²) in [6, 6.07) is -0.871. The van der Waals surface area contributed by atoms with Crippen molar-refractivity contribution in [2.45, 2.75) is 45.3 Å². The van der Waals surface area contributed by atoms with Crippen LogP contribution in [0.3, 0.4) is 0 Å². The number of unbranched alkanes of at least 4 members (excludes halogenated alkanes) is 1. The van der Waals surface area contributed by atoms with Gasteiger partial charge in [0.2, 0.25) is 5.91 Å². The number of aliphatic hydroxyl groups is 1. The summed E-state index contributed by atoms with van der Waals surface area (Å²) in [5, 5.41) is 12.7. The second-order valence-electron chi connectivity index (χ2n) is 6.83. The van der Waals surface area contributed by atoms with Gasteiger partial charge in [0.15, 0.2) is 0 Å². The van der Waals surface area contributed by atoms with E-state index in [9.17, 15) is 19.4 Å². The van der Waals surface area contributed by atoms with Crippen LogP contribution in [-0.4, -0.2) is 68.5 Å². The van der Waals surface area contributed by atoms with Crippen molar-refractivity contribution in [3.8, 4) is 0 Å². The molecular weight excluding hydrogens is 347 g/mol. The highest BCUT2D eigenvalue weighted by Gasteiger charge is 2.22. The number of allylic oxidation sites excluding steroid dienone is 1. The van der Waals surface area contributed by atoms with Crippen LogP contribution >= 0.6 is 7.82 Å². The van der Waals surface area contributed by atoms with Crippen molar-refractivity contribution in [1.82, 2.24) is 5.32 Å². The SMILES string of the molecule is CCC/C=C/C(O)C(COP(=O)([O-])OCC[N+](C)(C)C)NC(=O)CC. The number of rotatable bonds is 13. The van der Waals surface area contributed by atoms with Crippen molar-refractivity contribution in [2.75, 3.05) is 40.9 Å². The van der Waals surface area contributed by atoms with Gasteiger partial charge in [-0.05, 0) is 6.42 Å². The lowest BCUT2D eigenvalue weighted by atomic mass is 10.1. The van der Waals surface area contributed by atoms with Crippen LogP contribution in [0.1, 0.15) is 33.1 Å². The van der Waals surface area contributed by atoms with Gasteiger partial charge in [0, 0.05) is 6.42 Å². The highest BCUT2D eigenvalue weighted by molar-refractivity contribution is 7.45. The first-order valence-electron chi connectivity index (χ1n) is 8.55. The minimum absolute atomic E-state index is 0.00474. The lowest BCUT2D eigenvalue weighted by Crippen LogP contribution is -2.45. The van der Waals surface area contributed by atoms with Gasteiger partial charge in [-0.25, -0.2) is 0 Å². The first-order chi connectivity index (χ1) is 11.5. The van der Waals surface area contributed by atoms with Gasteiger partial charge in [-0.1, -0.05) is 32.4 Å². The zero-order valence-corrected chi connectivity index (χ0v) is 16.8. The second kappa shape index (κ2) is 11.8. The van der Waals surface area contributed by atoms with Gasteiger partial charge in [0.25, 0.3) is 7.82 Å². The number of carbonyl (C=O) groups excluding carboxylic acids is 1. The minimum atomic E-state index is -4.50. The summed E-state index contributed by atoms with van der Waals surface area (Å²) in [5.74, 6) is -0.303. The third-order valence-electron chi connectivity index (χ3n) is 3.29. The van der Waals surface area contributed by atoms with E-state index in [1.54, 1.807) is 13.0 Å². The van der Waals surface area contributed by atoms with E-state index >= 15 is 0 Å². The molecule has 0 aliphatic carbocycles. The molecule has 0 aliphatic rings. The molecule has 0 aromatic heterocycles. The number of phosphoric acid groups is 1. The van der Waals surface area contributed by atoms with Crippen LogP contribution in [0.25, 0.3) is 0 Å². The van der Waals surface area contributed by atoms with Crippen LogP contribution in [0.5, 0.6) is 0 Å². The first-order valence-corrected chi connectivity index (χ1v) is 10.0. The number of quaternary nitrogens is 1. The van der Waals surface area contributed by atoms with E-state index in [0.717, 1.165) is 12.8 Å². The third-order valence-corrected chi connectivity index (χ3v) is 4.26. The maximum absolute atomic E-state index is 11.8. The Bertz CT molecular complexity index is 464.